The average molecular weight is 230 g/mol. The smallest absolute Gasteiger partial charge is 0.128 e. The second-order valence-electron chi connectivity index (χ2n) is 2.90. The van der Waals surface area contributed by atoms with E-state index in [0.29, 0.717) is 5.69 Å². The predicted molar refractivity (Wildman–Crippen MR) is 50.8 cm³/mol. The fraction of sp³-hybridized carbons (Fsp3) is 0.111. The number of nitrogens with zero attached hydrogens (tertiary/aromatic N) is 3. The van der Waals surface area contributed by atoms with Gasteiger partial charge in [0.25, 0.3) is 0 Å². The first-order chi connectivity index (χ1) is 7.20. The van der Waals surface area contributed by atoms with E-state index in [9.17, 15) is 8.78 Å². The number of rotatable bonds is 2. The number of benzene rings is 1. The maximum absolute atomic E-state index is 12.9. The van der Waals surface area contributed by atoms with Crippen molar-refractivity contribution in [3.05, 3.63) is 41.7 Å². The molecule has 0 aliphatic heterocycles. The third kappa shape index (κ3) is 1.97. The normalized spacial score (nSPS) is 10.6. The molecular formula is C9H6ClF2N3. The quantitative estimate of drug-likeness (QED) is 0.740. The van der Waals surface area contributed by atoms with Crippen LogP contribution in [-0.2, 0) is 5.88 Å². The number of alkyl halides is 1. The molecule has 6 heteroatoms. The molecule has 15 heavy (non-hydrogen) atoms. The first-order valence-electron chi connectivity index (χ1n) is 4.12. The van der Waals surface area contributed by atoms with Crippen LogP contribution in [0.2, 0.25) is 0 Å². The Kier molecular flexibility index (Phi) is 2.64. The molecule has 1 heterocycles. The van der Waals surface area contributed by atoms with E-state index < -0.39 is 11.6 Å². The van der Waals surface area contributed by atoms with Crippen molar-refractivity contribution in [1.29, 1.82) is 0 Å². The molecule has 0 amide bonds. The summed E-state index contributed by atoms with van der Waals surface area (Å²) in [5.74, 6) is -1.16. The van der Waals surface area contributed by atoms with Crippen molar-refractivity contribution >= 4 is 11.6 Å². The van der Waals surface area contributed by atoms with Crippen molar-refractivity contribution in [3.63, 3.8) is 0 Å². The summed E-state index contributed by atoms with van der Waals surface area (Å²) in [4.78, 5) is 0. The van der Waals surface area contributed by atoms with Gasteiger partial charge in [-0.05, 0) is 12.1 Å². The molecule has 0 fully saturated rings. The van der Waals surface area contributed by atoms with E-state index >= 15 is 0 Å². The van der Waals surface area contributed by atoms with Crippen LogP contribution in [0.15, 0.2) is 24.4 Å². The van der Waals surface area contributed by atoms with Crippen LogP contribution in [0.5, 0.6) is 0 Å². The van der Waals surface area contributed by atoms with Crippen LogP contribution in [0, 0.1) is 11.6 Å². The number of hydrogen-bond donors (Lipinski definition) is 0. The second-order valence-corrected chi connectivity index (χ2v) is 3.17. The van der Waals surface area contributed by atoms with E-state index in [-0.39, 0.29) is 11.6 Å². The van der Waals surface area contributed by atoms with Crippen LogP contribution in [0.25, 0.3) is 5.69 Å². The van der Waals surface area contributed by atoms with E-state index in [4.69, 9.17) is 11.6 Å². The zero-order chi connectivity index (χ0) is 10.8. The van der Waals surface area contributed by atoms with E-state index in [2.05, 4.69) is 10.3 Å². The van der Waals surface area contributed by atoms with E-state index in [0.717, 1.165) is 18.2 Å². The van der Waals surface area contributed by atoms with Gasteiger partial charge in [0, 0.05) is 6.07 Å². The van der Waals surface area contributed by atoms with Crippen molar-refractivity contribution in [1.82, 2.24) is 15.0 Å². The molecule has 3 nitrogen and oxygen atoms in total. The molecule has 0 saturated carbocycles. The Morgan fingerprint density at radius 3 is 2.47 bits per heavy atom. The molecule has 2 rings (SSSR count). The minimum Gasteiger partial charge on any atom is -0.216 e. The molecule has 0 saturated heterocycles. The first kappa shape index (κ1) is 10.0. The van der Waals surface area contributed by atoms with Gasteiger partial charge in [0.15, 0.2) is 0 Å². The van der Waals surface area contributed by atoms with Crippen LogP contribution in [0.3, 0.4) is 0 Å². The fourth-order valence-electron chi connectivity index (χ4n) is 1.23. The van der Waals surface area contributed by atoms with Crippen LogP contribution in [0.1, 0.15) is 5.69 Å². The molecule has 0 atom stereocenters. The van der Waals surface area contributed by atoms with Gasteiger partial charge in [-0.3, -0.25) is 0 Å². The molecule has 1 aromatic carbocycles. The van der Waals surface area contributed by atoms with Gasteiger partial charge in [-0.15, -0.1) is 16.7 Å². The third-order valence-corrected chi connectivity index (χ3v) is 2.12. The number of aromatic nitrogens is 3. The Balaban J connectivity index is 2.53. The van der Waals surface area contributed by atoms with Gasteiger partial charge in [-0.25, -0.2) is 13.5 Å². The molecule has 1 aromatic heterocycles. The van der Waals surface area contributed by atoms with Crippen molar-refractivity contribution in [3.8, 4) is 5.69 Å². The summed E-state index contributed by atoms with van der Waals surface area (Å²) in [6, 6.07) is 3.11. The molecule has 0 bridgehead atoms. The summed E-state index contributed by atoms with van der Waals surface area (Å²) in [7, 11) is 0. The topological polar surface area (TPSA) is 30.7 Å². The zero-order valence-electron chi connectivity index (χ0n) is 7.49. The van der Waals surface area contributed by atoms with Crippen LogP contribution in [-0.4, -0.2) is 15.0 Å². The Labute approximate surface area is 89.3 Å². The summed E-state index contributed by atoms with van der Waals surface area (Å²) in [6.07, 6.45) is 1.44. The maximum atomic E-state index is 12.9. The standard InChI is InChI=1S/C9H6ClF2N3/c10-4-9-5-13-14-15(9)8-2-6(11)1-7(12)3-8/h1-3,5H,4H2. The molecule has 2 aromatic rings. The van der Waals surface area contributed by atoms with Crippen molar-refractivity contribution < 1.29 is 8.78 Å². The molecule has 0 aliphatic carbocycles. The highest BCUT2D eigenvalue weighted by Crippen LogP contribution is 2.14. The Hall–Kier alpha value is -1.49. The fourth-order valence-corrected chi connectivity index (χ4v) is 1.41. The van der Waals surface area contributed by atoms with E-state index in [1.54, 1.807) is 0 Å². The lowest BCUT2D eigenvalue weighted by Gasteiger charge is -2.03. The molecule has 0 radical (unpaired) electrons. The Morgan fingerprint density at radius 2 is 1.87 bits per heavy atom. The van der Waals surface area contributed by atoms with Gasteiger partial charge in [0.05, 0.1) is 23.5 Å². The maximum Gasteiger partial charge on any atom is 0.128 e. The van der Waals surface area contributed by atoms with Gasteiger partial charge in [-0.2, -0.15) is 0 Å². The van der Waals surface area contributed by atoms with Gasteiger partial charge in [-0.1, -0.05) is 5.21 Å². The van der Waals surface area contributed by atoms with Gasteiger partial charge in [0.2, 0.25) is 0 Å². The van der Waals surface area contributed by atoms with Crippen LogP contribution in [0.4, 0.5) is 8.78 Å². The minimum absolute atomic E-state index is 0.172. The lowest BCUT2D eigenvalue weighted by atomic mass is 10.3. The van der Waals surface area contributed by atoms with Crippen molar-refractivity contribution in [2.75, 3.05) is 0 Å². The molecule has 0 N–H and O–H groups in total. The third-order valence-electron chi connectivity index (χ3n) is 1.85. The van der Waals surface area contributed by atoms with E-state index in [1.807, 2.05) is 0 Å². The Morgan fingerprint density at radius 1 is 1.20 bits per heavy atom. The summed E-state index contributed by atoms with van der Waals surface area (Å²) in [5.41, 5.74) is 0.835. The molecule has 78 valence electrons. The number of hydrogen-bond acceptors (Lipinski definition) is 2. The predicted octanol–water partition coefficient (Wildman–Crippen LogP) is 2.28. The summed E-state index contributed by atoms with van der Waals surface area (Å²) < 4.78 is 27.1. The van der Waals surface area contributed by atoms with Crippen molar-refractivity contribution in [2.45, 2.75) is 5.88 Å². The highest BCUT2D eigenvalue weighted by atomic mass is 35.5. The lowest BCUT2D eigenvalue weighted by molar-refractivity contribution is 0.579. The van der Waals surface area contributed by atoms with Crippen LogP contribution >= 0.6 is 11.6 Å². The molecule has 0 spiro atoms. The Bertz CT molecular complexity index is 464. The van der Waals surface area contributed by atoms with Gasteiger partial charge < -0.3 is 0 Å². The first-order valence-corrected chi connectivity index (χ1v) is 4.66. The van der Waals surface area contributed by atoms with Gasteiger partial charge in [0.1, 0.15) is 11.6 Å². The minimum atomic E-state index is -0.666. The largest absolute Gasteiger partial charge is 0.216 e. The molecular weight excluding hydrogens is 224 g/mol. The summed E-state index contributed by atoms with van der Waals surface area (Å²) in [6.45, 7) is 0. The zero-order valence-corrected chi connectivity index (χ0v) is 8.25. The highest BCUT2D eigenvalue weighted by molar-refractivity contribution is 6.16. The SMILES string of the molecule is Fc1cc(F)cc(-n2nncc2CCl)c1. The monoisotopic (exact) mass is 229 g/mol. The molecule has 0 unspecified atom stereocenters. The summed E-state index contributed by atoms with van der Waals surface area (Å²) >= 11 is 5.61. The van der Waals surface area contributed by atoms with E-state index in [1.165, 1.54) is 10.9 Å². The average Bonchev–Trinajstić information content (AvgIpc) is 2.63. The second kappa shape index (κ2) is 3.94. The summed E-state index contributed by atoms with van der Waals surface area (Å²) in [5, 5.41) is 7.30. The highest BCUT2D eigenvalue weighted by Gasteiger charge is 2.07. The number of halogens is 3. The van der Waals surface area contributed by atoms with Crippen LogP contribution < -0.4 is 0 Å². The molecule has 0 aliphatic rings. The van der Waals surface area contributed by atoms with Gasteiger partial charge >= 0.3 is 0 Å². The lowest BCUT2D eigenvalue weighted by Crippen LogP contribution is -2.02. The van der Waals surface area contributed by atoms with Crippen molar-refractivity contribution in [2.24, 2.45) is 0 Å².